The third-order valence-corrected chi connectivity index (χ3v) is 4.91. The largest absolute Gasteiger partial charge is 0.379 e. The Bertz CT molecular complexity index is 761. The van der Waals surface area contributed by atoms with Gasteiger partial charge in [-0.2, -0.15) is 0 Å². The summed E-state index contributed by atoms with van der Waals surface area (Å²) in [4.78, 5) is 16.5. The minimum Gasteiger partial charge on any atom is -0.379 e. The van der Waals surface area contributed by atoms with Crippen molar-refractivity contribution in [3.05, 3.63) is 71.0 Å². The highest BCUT2D eigenvalue weighted by atomic mass is 19.1. The monoisotopic (exact) mass is 385 g/mol. The maximum Gasteiger partial charge on any atom is 0.317 e. The van der Waals surface area contributed by atoms with Crippen molar-refractivity contribution >= 4 is 6.03 Å². The molecule has 0 spiro atoms. The summed E-state index contributed by atoms with van der Waals surface area (Å²) in [5.41, 5.74) is 3.10. The number of benzene rings is 2. The first-order valence-corrected chi connectivity index (χ1v) is 9.79. The van der Waals surface area contributed by atoms with E-state index in [1.165, 1.54) is 17.7 Å². The highest BCUT2D eigenvalue weighted by Crippen LogP contribution is 2.10. The number of carbonyl (C=O) groups is 1. The Morgan fingerprint density at radius 1 is 1.11 bits per heavy atom. The zero-order valence-electron chi connectivity index (χ0n) is 16.4. The van der Waals surface area contributed by atoms with Crippen molar-refractivity contribution in [1.82, 2.24) is 15.1 Å². The lowest BCUT2D eigenvalue weighted by Gasteiger charge is -2.26. The molecule has 2 aromatic carbocycles. The molecule has 2 amide bonds. The summed E-state index contributed by atoms with van der Waals surface area (Å²) in [5, 5.41) is 2.95. The van der Waals surface area contributed by atoms with Crippen molar-refractivity contribution in [1.29, 1.82) is 0 Å². The Hall–Kier alpha value is -2.44. The minimum absolute atomic E-state index is 0.149. The molecule has 0 unspecified atom stereocenters. The summed E-state index contributed by atoms with van der Waals surface area (Å²) >= 11 is 0. The second kappa shape index (κ2) is 10.2. The topological polar surface area (TPSA) is 44.8 Å². The van der Waals surface area contributed by atoms with Gasteiger partial charge >= 0.3 is 6.03 Å². The van der Waals surface area contributed by atoms with Gasteiger partial charge in [0.05, 0.1) is 13.2 Å². The molecule has 2 aromatic rings. The third kappa shape index (κ3) is 6.04. The van der Waals surface area contributed by atoms with E-state index in [-0.39, 0.29) is 11.8 Å². The van der Waals surface area contributed by atoms with Crippen LogP contribution in [0, 0.1) is 5.82 Å². The van der Waals surface area contributed by atoms with E-state index in [1.54, 1.807) is 11.0 Å². The van der Waals surface area contributed by atoms with Gasteiger partial charge in [-0.05, 0) is 35.7 Å². The maximum absolute atomic E-state index is 13.3. The lowest BCUT2D eigenvalue weighted by atomic mass is 10.1. The molecule has 28 heavy (non-hydrogen) atoms. The van der Waals surface area contributed by atoms with Crippen LogP contribution in [0.3, 0.4) is 0 Å². The van der Waals surface area contributed by atoms with Crippen LogP contribution in [-0.4, -0.2) is 48.7 Å². The average Bonchev–Trinajstić information content (AvgIpc) is 2.72. The average molecular weight is 385 g/mol. The van der Waals surface area contributed by atoms with Crippen molar-refractivity contribution in [2.75, 3.05) is 32.8 Å². The normalized spacial score (nSPS) is 14.6. The van der Waals surface area contributed by atoms with E-state index < -0.39 is 0 Å². The van der Waals surface area contributed by atoms with Crippen molar-refractivity contribution in [2.24, 2.45) is 0 Å². The van der Waals surface area contributed by atoms with Crippen molar-refractivity contribution in [3.63, 3.8) is 0 Å². The fourth-order valence-electron chi connectivity index (χ4n) is 3.25. The lowest BCUT2D eigenvalue weighted by Crippen LogP contribution is -2.39. The van der Waals surface area contributed by atoms with Crippen LogP contribution in [0.5, 0.6) is 0 Å². The van der Waals surface area contributed by atoms with Gasteiger partial charge in [0.1, 0.15) is 5.82 Å². The van der Waals surface area contributed by atoms with Crippen molar-refractivity contribution < 1.29 is 13.9 Å². The Labute approximate surface area is 166 Å². The number of nitrogens with zero attached hydrogens (tertiary/aromatic N) is 2. The quantitative estimate of drug-likeness (QED) is 0.795. The fraction of sp³-hybridized carbons (Fsp3) is 0.409. The molecule has 1 aliphatic heterocycles. The Morgan fingerprint density at radius 3 is 2.50 bits per heavy atom. The first-order chi connectivity index (χ1) is 13.6. The Kier molecular flexibility index (Phi) is 7.39. The summed E-state index contributed by atoms with van der Waals surface area (Å²) in [7, 11) is 0. The molecular formula is C22H28FN3O2. The number of rotatable bonds is 7. The fourth-order valence-corrected chi connectivity index (χ4v) is 3.25. The van der Waals surface area contributed by atoms with E-state index in [4.69, 9.17) is 4.74 Å². The van der Waals surface area contributed by atoms with E-state index in [0.717, 1.165) is 44.0 Å². The van der Waals surface area contributed by atoms with Gasteiger partial charge in [0.15, 0.2) is 0 Å². The SMILES string of the molecule is CCN(Cc1cccc(F)c1)C(=O)NCc1ccc(CN2CCOCC2)cc1. The van der Waals surface area contributed by atoms with Gasteiger partial charge in [-0.3, -0.25) is 4.90 Å². The highest BCUT2D eigenvalue weighted by molar-refractivity contribution is 5.74. The van der Waals surface area contributed by atoms with Crippen LogP contribution in [0.1, 0.15) is 23.6 Å². The van der Waals surface area contributed by atoms with Crippen LogP contribution in [-0.2, 0) is 24.4 Å². The summed E-state index contributed by atoms with van der Waals surface area (Å²) < 4.78 is 18.7. The molecule has 0 aliphatic carbocycles. The third-order valence-electron chi connectivity index (χ3n) is 4.91. The number of hydrogen-bond acceptors (Lipinski definition) is 3. The number of amides is 2. The van der Waals surface area contributed by atoms with Crippen LogP contribution >= 0.6 is 0 Å². The van der Waals surface area contributed by atoms with E-state index >= 15 is 0 Å². The van der Waals surface area contributed by atoms with Gasteiger partial charge in [0.25, 0.3) is 0 Å². The summed E-state index contributed by atoms with van der Waals surface area (Å²) in [5.74, 6) is -0.286. The second-order valence-corrected chi connectivity index (χ2v) is 7.01. The summed E-state index contributed by atoms with van der Waals surface area (Å²) in [6, 6.07) is 14.5. The molecule has 0 radical (unpaired) electrons. The zero-order chi connectivity index (χ0) is 19.8. The molecule has 5 nitrogen and oxygen atoms in total. The minimum atomic E-state index is -0.286. The first kappa shape index (κ1) is 20.3. The summed E-state index contributed by atoms with van der Waals surface area (Å²) in [6.45, 7) is 7.79. The van der Waals surface area contributed by atoms with E-state index in [9.17, 15) is 9.18 Å². The van der Waals surface area contributed by atoms with Crippen LogP contribution < -0.4 is 5.32 Å². The Balaban J connectivity index is 1.48. The number of urea groups is 1. The molecule has 6 heteroatoms. The lowest BCUT2D eigenvalue weighted by molar-refractivity contribution is 0.0342. The predicted octanol–water partition coefficient (Wildman–Crippen LogP) is 3.39. The van der Waals surface area contributed by atoms with Crippen LogP contribution in [0.15, 0.2) is 48.5 Å². The van der Waals surface area contributed by atoms with Gasteiger partial charge in [-0.25, -0.2) is 9.18 Å². The molecule has 150 valence electrons. The van der Waals surface area contributed by atoms with E-state index in [2.05, 4.69) is 34.5 Å². The number of halogens is 1. The molecule has 3 rings (SSSR count). The number of hydrogen-bond donors (Lipinski definition) is 1. The molecule has 1 N–H and O–H groups in total. The standard InChI is InChI=1S/C22H28FN3O2/c1-2-26(17-20-4-3-5-21(23)14-20)22(27)24-15-18-6-8-19(9-7-18)16-25-10-12-28-13-11-25/h3-9,14H,2,10-13,15-17H2,1H3,(H,24,27). The van der Waals surface area contributed by atoms with Crippen LogP contribution in [0.25, 0.3) is 0 Å². The second-order valence-electron chi connectivity index (χ2n) is 7.01. The molecule has 1 saturated heterocycles. The van der Waals surface area contributed by atoms with Gasteiger partial charge in [-0.15, -0.1) is 0 Å². The molecule has 0 atom stereocenters. The van der Waals surface area contributed by atoms with Crippen LogP contribution in [0.2, 0.25) is 0 Å². The molecule has 1 aliphatic rings. The predicted molar refractivity (Wildman–Crippen MR) is 107 cm³/mol. The number of nitrogens with one attached hydrogen (secondary N) is 1. The molecular weight excluding hydrogens is 357 g/mol. The number of ether oxygens (including phenoxy) is 1. The molecule has 1 heterocycles. The zero-order valence-corrected chi connectivity index (χ0v) is 16.4. The van der Waals surface area contributed by atoms with E-state index in [0.29, 0.717) is 19.6 Å². The van der Waals surface area contributed by atoms with E-state index in [1.807, 2.05) is 13.0 Å². The molecule has 1 fully saturated rings. The molecule has 0 saturated carbocycles. The molecule has 0 bridgehead atoms. The molecule has 0 aromatic heterocycles. The van der Waals surface area contributed by atoms with Gasteiger partial charge in [-0.1, -0.05) is 36.4 Å². The highest BCUT2D eigenvalue weighted by Gasteiger charge is 2.13. The Morgan fingerprint density at radius 2 is 1.82 bits per heavy atom. The van der Waals surface area contributed by atoms with Gasteiger partial charge < -0.3 is 15.0 Å². The van der Waals surface area contributed by atoms with Crippen LogP contribution in [0.4, 0.5) is 9.18 Å². The number of carbonyl (C=O) groups excluding carboxylic acids is 1. The maximum atomic E-state index is 13.3. The first-order valence-electron chi connectivity index (χ1n) is 9.79. The number of morpholine rings is 1. The van der Waals surface area contributed by atoms with Crippen molar-refractivity contribution in [2.45, 2.75) is 26.6 Å². The van der Waals surface area contributed by atoms with Crippen molar-refractivity contribution in [3.8, 4) is 0 Å². The van der Waals surface area contributed by atoms with Gasteiger partial charge in [0.2, 0.25) is 0 Å². The van der Waals surface area contributed by atoms with Gasteiger partial charge in [0, 0.05) is 39.3 Å². The smallest absolute Gasteiger partial charge is 0.317 e. The summed E-state index contributed by atoms with van der Waals surface area (Å²) in [6.07, 6.45) is 0.